The lowest BCUT2D eigenvalue weighted by Crippen LogP contribution is -2.40. The third kappa shape index (κ3) is 3.32. The molecule has 1 aromatic carbocycles. The molecule has 0 bridgehead atoms. The predicted octanol–water partition coefficient (Wildman–Crippen LogP) is 2.89. The average molecular weight is 265 g/mol. The van der Waals surface area contributed by atoms with Crippen LogP contribution in [0.15, 0.2) is 18.2 Å². The maximum absolute atomic E-state index is 13.6. The Morgan fingerprint density at radius 2 is 2.26 bits per heavy atom. The summed E-state index contributed by atoms with van der Waals surface area (Å²) in [5, 5.41) is 0. The largest absolute Gasteiger partial charge is 0.491 e. The molecular weight excluding hydrogens is 245 g/mol. The highest BCUT2D eigenvalue weighted by atomic mass is 19.1. The average Bonchev–Trinajstić information content (AvgIpc) is 2.37. The number of halogens is 1. The topological polar surface area (TPSA) is 29.5 Å². The molecule has 0 aliphatic carbocycles. The monoisotopic (exact) mass is 265 g/mol. The van der Waals surface area contributed by atoms with Crippen molar-refractivity contribution >= 4 is 5.78 Å². The number of Topliss-reactive ketones (excluding diaryl/α,β-unsaturated/α-hetero) is 1. The minimum absolute atomic E-state index is 0.0564. The molecule has 0 spiro atoms. The number of piperidine rings is 1. The Labute approximate surface area is 113 Å². The lowest BCUT2D eigenvalue weighted by atomic mass is 10.0. The highest BCUT2D eigenvalue weighted by Crippen LogP contribution is 2.23. The SMILES string of the molecule is CC(=O)c1c(F)cccc1OCC1CCCCN1C. The number of nitrogens with zero attached hydrogens (tertiary/aromatic N) is 1. The second-order valence-corrected chi connectivity index (χ2v) is 5.11. The van der Waals surface area contributed by atoms with Gasteiger partial charge in [-0.15, -0.1) is 0 Å². The first-order valence-electron chi connectivity index (χ1n) is 6.72. The van der Waals surface area contributed by atoms with Crippen molar-refractivity contribution in [3.05, 3.63) is 29.6 Å². The van der Waals surface area contributed by atoms with E-state index in [1.54, 1.807) is 12.1 Å². The van der Waals surface area contributed by atoms with E-state index in [0.29, 0.717) is 18.4 Å². The van der Waals surface area contributed by atoms with Crippen molar-refractivity contribution in [3.63, 3.8) is 0 Å². The number of hydrogen-bond acceptors (Lipinski definition) is 3. The minimum Gasteiger partial charge on any atom is -0.491 e. The fraction of sp³-hybridized carbons (Fsp3) is 0.533. The predicted molar refractivity (Wildman–Crippen MR) is 72.2 cm³/mol. The van der Waals surface area contributed by atoms with Gasteiger partial charge >= 0.3 is 0 Å². The van der Waals surface area contributed by atoms with Crippen LogP contribution in [-0.4, -0.2) is 36.9 Å². The van der Waals surface area contributed by atoms with Crippen LogP contribution in [0.4, 0.5) is 4.39 Å². The number of ether oxygens (including phenoxy) is 1. The number of likely N-dealkylation sites (tertiary alicyclic amines) is 1. The lowest BCUT2D eigenvalue weighted by Gasteiger charge is -2.32. The Hall–Kier alpha value is -1.42. The van der Waals surface area contributed by atoms with E-state index in [-0.39, 0.29) is 11.3 Å². The molecule has 1 atom stereocenters. The summed E-state index contributed by atoms with van der Waals surface area (Å²) in [4.78, 5) is 13.7. The molecule has 4 heteroatoms. The van der Waals surface area contributed by atoms with Gasteiger partial charge in [0.1, 0.15) is 18.2 Å². The third-order valence-electron chi connectivity index (χ3n) is 3.68. The molecule has 1 fully saturated rings. The van der Waals surface area contributed by atoms with Crippen LogP contribution < -0.4 is 4.74 Å². The van der Waals surface area contributed by atoms with Crippen molar-refractivity contribution in [2.45, 2.75) is 32.2 Å². The minimum atomic E-state index is -0.512. The molecule has 1 heterocycles. The number of carbonyl (C=O) groups is 1. The van der Waals surface area contributed by atoms with Gasteiger partial charge in [0.2, 0.25) is 0 Å². The van der Waals surface area contributed by atoms with E-state index < -0.39 is 5.82 Å². The molecule has 1 aliphatic rings. The van der Waals surface area contributed by atoms with Gasteiger partial charge in [0.15, 0.2) is 5.78 Å². The van der Waals surface area contributed by atoms with Gasteiger partial charge in [0.05, 0.1) is 5.56 Å². The van der Waals surface area contributed by atoms with Crippen LogP contribution >= 0.6 is 0 Å². The zero-order chi connectivity index (χ0) is 13.8. The molecule has 0 amide bonds. The quantitative estimate of drug-likeness (QED) is 0.784. The maximum atomic E-state index is 13.6. The molecule has 0 N–H and O–H groups in total. The molecule has 2 rings (SSSR count). The van der Waals surface area contributed by atoms with Crippen LogP contribution in [-0.2, 0) is 0 Å². The molecule has 1 saturated heterocycles. The van der Waals surface area contributed by atoms with Crippen LogP contribution in [0.3, 0.4) is 0 Å². The molecule has 1 unspecified atom stereocenters. The van der Waals surface area contributed by atoms with Crippen LogP contribution in [0.1, 0.15) is 36.5 Å². The Morgan fingerprint density at radius 1 is 1.47 bits per heavy atom. The van der Waals surface area contributed by atoms with Crippen molar-refractivity contribution in [1.29, 1.82) is 0 Å². The molecular formula is C15H20FNO2. The molecule has 1 aromatic rings. The Kier molecular flexibility index (Phi) is 4.53. The summed E-state index contributed by atoms with van der Waals surface area (Å²) in [7, 11) is 2.07. The fourth-order valence-electron chi connectivity index (χ4n) is 2.51. The summed E-state index contributed by atoms with van der Waals surface area (Å²) in [6.45, 7) is 2.93. The smallest absolute Gasteiger partial charge is 0.166 e. The Morgan fingerprint density at radius 3 is 2.95 bits per heavy atom. The number of hydrogen-bond donors (Lipinski definition) is 0. The van der Waals surface area contributed by atoms with Crippen molar-refractivity contribution in [3.8, 4) is 5.75 Å². The fourth-order valence-corrected chi connectivity index (χ4v) is 2.51. The first-order valence-corrected chi connectivity index (χ1v) is 6.72. The summed E-state index contributed by atoms with van der Waals surface area (Å²) < 4.78 is 19.3. The molecule has 0 radical (unpaired) electrons. The van der Waals surface area contributed by atoms with E-state index in [1.165, 1.54) is 25.8 Å². The maximum Gasteiger partial charge on any atom is 0.166 e. The van der Waals surface area contributed by atoms with Gasteiger partial charge in [-0.25, -0.2) is 4.39 Å². The van der Waals surface area contributed by atoms with Crippen LogP contribution in [0.5, 0.6) is 5.75 Å². The van der Waals surface area contributed by atoms with Gasteiger partial charge in [-0.1, -0.05) is 12.5 Å². The van der Waals surface area contributed by atoms with E-state index >= 15 is 0 Å². The summed E-state index contributed by atoms with van der Waals surface area (Å²) in [5.41, 5.74) is 0.0564. The molecule has 0 aromatic heterocycles. The van der Waals surface area contributed by atoms with Gasteiger partial charge < -0.3 is 9.64 Å². The molecule has 3 nitrogen and oxygen atoms in total. The van der Waals surface area contributed by atoms with Gasteiger partial charge in [-0.05, 0) is 45.5 Å². The van der Waals surface area contributed by atoms with Crippen LogP contribution in [0, 0.1) is 5.82 Å². The third-order valence-corrected chi connectivity index (χ3v) is 3.68. The van der Waals surface area contributed by atoms with Gasteiger partial charge in [0.25, 0.3) is 0 Å². The van der Waals surface area contributed by atoms with E-state index in [1.807, 2.05) is 0 Å². The standard InChI is InChI=1S/C15H20FNO2/c1-11(18)15-13(16)7-5-8-14(15)19-10-12-6-3-4-9-17(12)2/h5,7-8,12H,3-4,6,9-10H2,1-2H3. The van der Waals surface area contributed by atoms with Crippen molar-refractivity contribution in [2.75, 3.05) is 20.2 Å². The molecule has 1 aliphatic heterocycles. The van der Waals surface area contributed by atoms with Crippen molar-refractivity contribution < 1.29 is 13.9 Å². The number of likely N-dealkylation sites (N-methyl/N-ethyl adjacent to an activating group) is 1. The summed E-state index contributed by atoms with van der Waals surface area (Å²) in [5.74, 6) is -0.460. The molecule has 104 valence electrons. The highest BCUT2D eigenvalue weighted by Gasteiger charge is 2.21. The van der Waals surface area contributed by atoms with Crippen molar-refractivity contribution in [2.24, 2.45) is 0 Å². The molecule has 0 saturated carbocycles. The number of benzene rings is 1. The second-order valence-electron chi connectivity index (χ2n) is 5.11. The first-order chi connectivity index (χ1) is 9.09. The van der Waals surface area contributed by atoms with E-state index in [2.05, 4.69) is 11.9 Å². The second kappa shape index (κ2) is 6.15. The summed E-state index contributed by atoms with van der Waals surface area (Å²) in [6.07, 6.45) is 3.49. The highest BCUT2D eigenvalue weighted by molar-refractivity contribution is 5.97. The Balaban J connectivity index is 2.07. The van der Waals surface area contributed by atoms with Crippen LogP contribution in [0.2, 0.25) is 0 Å². The summed E-state index contributed by atoms with van der Waals surface area (Å²) in [6, 6.07) is 4.86. The van der Waals surface area contributed by atoms with Crippen LogP contribution in [0.25, 0.3) is 0 Å². The van der Waals surface area contributed by atoms with Crippen molar-refractivity contribution in [1.82, 2.24) is 4.90 Å². The van der Waals surface area contributed by atoms with E-state index in [0.717, 1.165) is 13.0 Å². The zero-order valence-electron chi connectivity index (χ0n) is 11.5. The lowest BCUT2D eigenvalue weighted by molar-refractivity contribution is 0.0995. The normalized spacial score (nSPS) is 20.3. The van der Waals surface area contributed by atoms with Gasteiger partial charge in [-0.3, -0.25) is 4.79 Å². The molecule has 19 heavy (non-hydrogen) atoms. The van der Waals surface area contributed by atoms with E-state index in [4.69, 9.17) is 4.74 Å². The summed E-state index contributed by atoms with van der Waals surface area (Å²) >= 11 is 0. The van der Waals surface area contributed by atoms with Gasteiger partial charge in [0, 0.05) is 6.04 Å². The number of ketones is 1. The number of carbonyl (C=O) groups excluding carboxylic acids is 1. The number of rotatable bonds is 4. The van der Waals surface area contributed by atoms with E-state index in [9.17, 15) is 9.18 Å². The Bertz CT molecular complexity index is 461. The van der Waals surface area contributed by atoms with Gasteiger partial charge in [-0.2, -0.15) is 0 Å². The first kappa shape index (κ1) is 14.0. The zero-order valence-corrected chi connectivity index (χ0v) is 11.5.